The predicted octanol–water partition coefficient (Wildman–Crippen LogP) is 6.83. The maximum atomic E-state index is 12.4. The Bertz CT molecular complexity index is 861. The van der Waals surface area contributed by atoms with Crippen LogP contribution in [0, 0.1) is 17.3 Å². The van der Waals surface area contributed by atoms with Crippen LogP contribution in [-0.4, -0.2) is 5.97 Å². The van der Waals surface area contributed by atoms with Crippen molar-refractivity contribution in [3.8, 4) is 0 Å². The minimum atomic E-state index is -0.220. The minimum Gasteiger partial charge on any atom is -0.461 e. The van der Waals surface area contributed by atoms with E-state index in [0.717, 1.165) is 21.4 Å². The maximum Gasteiger partial charge on any atom is 0.310 e. The number of benzene rings is 2. The Morgan fingerprint density at radius 2 is 1.89 bits per heavy atom. The third kappa shape index (κ3) is 5.07. The van der Waals surface area contributed by atoms with Crippen molar-refractivity contribution in [3.63, 3.8) is 0 Å². The molecule has 2 unspecified atom stereocenters. The van der Waals surface area contributed by atoms with E-state index < -0.39 is 0 Å². The normalized spacial score (nSPS) is 19.9. The van der Waals surface area contributed by atoms with E-state index >= 15 is 0 Å². The molecule has 0 radical (unpaired) electrons. The van der Waals surface area contributed by atoms with Gasteiger partial charge in [0.15, 0.2) is 0 Å². The van der Waals surface area contributed by atoms with Gasteiger partial charge in [-0.15, -0.1) is 0 Å². The van der Waals surface area contributed by atoms with E-state index in [-0.39, 0.29) is 34.3 Å². The number of carbonyl (C=O) groups is 1. The number of hydrogen-bond donors (Lipinski definition) is 1. The van der Waals surface area contributed by atoms with Crippen molar-refractivity contribution in [2.45, 2.75) is 20.5 Å². The summed E-state index contributed by atoms with van der Waals surface area (Å²) < 4.78 is 6.75. The van der Waals surface area contributed by atoms with E-state index in [1.807, 2.05) is 62.4 Å². The molecule has 3 nitrogen and oxygen atoms in total. The van der Waals surface area contributed by atoms with E-state index in [1.165, 1.54) is 0 Å². The second-order valence-electron chi connectivity index (χ2n) is 7.22. The summed E-state index contributed by atoms with van der Waals surface area (Å²) in [6.45, 7) is 4.26. The fourth-order valence-corrected chi connectivity index (χ4v) is 3.79. The fraction of sp³-hybridized carbons (Fsp3) is 0.286. The van der Waals surface area contributed by atoms with Crippen LogP contribution in [0.3, 0.4) is 0 Å². The first-order chi connectivity index (χ1) is 12.8. The van der Waals surface area contributed by atoms with Gasteiger partial charge in [0.05, 0.1) is 5.92 Å². The van der Waals surface area contributed by atoms with Crippen LogP contribution >= 0.6 is 39.1 Å². The average molecular weight is 469 g/mol. The number of carbonyl (C=O) groups excluding carboxylic acids is 1. The summed E-state index contributed by atoms with van der Waals surface area (Å²) >= 11 is 14.9. The van der Waals surface area contributed by atoms with E-state index in [4.69, 9.17) is 27.9 Å². The zero-order chi connectivity index (χ0) is 19.6. The first-order valence-corrected chi connectivity index (χ1v) is 10.1. The third-order valence-corrected chi connectivity index (χ3v) is 5.69. The Kier molecular flexibility index (Phi) is 6.19. The smallest absolute Gasteiger partial charge is 0.310 e. The molecule has 0 aliphatic heterocycles. The zero-order valence-corrected chi connectivity index (χ0v) is 18.1. The second-order valence-corrected chi connectivity index (χ2v) is 9.14. The quantitative estimate of drug-likeness (QED) is 0.472. The van der Waals surface area contributed by atoms with Crippen molar-refractivity contribution < 1.29 is 9.53 Å². The number of esters is 1. The molecule has 3 rings (SSSR count). The highest BCUT2D eigenvalue weighted by Crippen LogP contribution is 2.60. The first kappa shape index (κ1) is 20.2. The van der Waals surface area contributed by atoms with Crippen LogP contribution in [0.15, 0.2) is 63.6 Å². The van der Waals surface area contributed by atoms with Gasteiger partial charge in [-0.05, 0) is 59.4 Å². The molecular formula is C21H20BrCl2NO2. The van der Waals surface area contributed by atoms with Crippen molar-refractivity contribution >= 4 is 56.5 Å². The van der Waals surface area contributed by atoms with Gasteiger partial charge in [0, 0.05) is 15.8 Å². The molecule has 0 bridgehead atoms. The van der Waals surface area contributed by atoms with Gasteiger partial charge < -0.3 is 10.1 Å². The topological polar surface area (TPSA) is 38.3 Å². The van der Waals surface area contributed by atoms with Crippen molar-refractivity contribution in [2.75, 3.05) is 5.32 Å². The Hall–Kier alpha value is -1.49. The van der Waals surface area contributed by atoms with Crippen molar-refractivity contribution in [1.82, 2.24) is 0 Å². The lowest BCUT2D eigenvalue weighted by atomic mass is 10.1. The summed E-state index contributed by atoms with van der Waals surface area (Å²) in [5, 5.41) is 3.34. The Morgan fingerprint density at radius 3 is 2.56 bits per heavy atom. The van der Waals surface area contributed by atoms with Gasteiger partial charge in [-0.2, -0.15) is 0 Å². The van der Waals surface area contributed by atoms with Gasteiger partial charge in [0.2, 0.25) is 0 Å². The Balaban J connectivity index is 1.59. The highest BCUT2D eigenvalue weighted by Gasteiger charge is 2.61. The molecule has 2 aromatic carbocycles. The van der Waals surface area contributed by atoms with Crippen LogP contribution in [-0.2, 0) is 16.1 Å². The van der Waals surface area contributed by atoms with Gasteiger partial charge in [0.1, 0.15) is 11.1 Å². The molecule has 0 aromatic heterocycles. The number of anilines is 2. The van der Waals surface area contributed by atoms with Crippen molar-refractivity contribution in [1.29, 1.82) is 0 Å². The average Bonchev–Trinajstić information content (AvgIpc) is 3.14. The van der Waals surface area contributed by atoms with Gasteiger partial charge in [-0.3, -0.25) is 4.79 Å². The molecular weight excluding hydrogens is 449 g/mol. The first-order valence-electron chi connectivity index (χ1n) is 8.58. The van der Waals surface area contributed by atoms with Crippen LogP contribution in [0.5, 0.6) is 0 Å². The standard InChI is InChI=1S/C21H20BrCl2NO2/c1-21(2)17(11-18(23)24)19(21)20(26)27-12-13-4-3-5-16(10-13)25-15-8-6-14(22)7-9-15/h3-11,17,19,25H,12H2,1-2H3. The molecule has 0 heterocycles. The van der Waals surface area contributed by atoms with Crippen LogP contribution in [0.4, 0.5) is 11.4 Å². The molecule has 0 spiro atoms. The van der Waals surface area contributed by atoms with Crippen LogP contribution in [0.2, 0.25) is 0 Å². The summed E-state index contributed by atoms with van der Waals surface area (Å²) in [7, 11) is 0. The predicted molar refractivity (Wildman–Crippen MR) is 114 cm³/mol. The van der Waals surface area contributed by atoms with Crippen LogP contribution < -0.4 is 5.32 Å². The third-order valence-electron chi connectivity index (χ3n) is 4.91. The molecule has 1 saturated carbocycles. The number of hydrogen-bond acceptors (Lipinski definition) is 3. The molecule has 1 aliphatic carbocycles. The lowest BCUT2D eigenvalue weighted by Gasteiger charge is -2.10. The van der Waals surface area contributed by atoms with Crippen LogP contribution in [0.25, 0.3) is 0 Å². The Morgan fingerprint density at radius 1 is 1.19 bits per heavy atom. The number of nitrogens with one attached hydrogen (secondary N) is 1. The number of allylic oxidation sites excluding steroid dienone is 1. The molecule has 1 aliphatic rings. The molecule has 2 aromatic rings. The largest absolute Gasteiger partial charge is 0.461 e. The summed E-state index contributed by atoms with van der Waals surface area (Å²) in [5.74, 6) is -0.420. The van der Waals surface area contributed by atoms with E-state index in [2.05, 4.69) is 21.2 Å². The van der Waals surface area contributed by atoms with E-state index in [1.54, 1.807) is 6.08 Å². The van der Waals surface area contributed by atoms with Crippen molar-refractivity contribution in [2.24, 2.45) is 17.3 Å². The molecule has 27 heavy (non-hydrogen) atoms. The highest BCUT2D eigenvalue weighted by atomic mass is 79.9. The molecule has 2 atom stereocenters. The SMILES string of the molecule is CC1(C)C(C=C(Cl)Cl)C1C(=O)OCc1cccc(Nc2ccc(Br)cc2)c1. The fourth-order valence-electron chi connectivity index (χ4n) is 3.26. The lowest BCUT2D eigenvalue weighted by molar-refractivity contribution is -0.147. The van der Waals surface area contributed by atoms with E-state index in [9.17, 15) is 4.79 Å². The molecule has 0 saturated heterocycles. The van der Waals surface area contributed by atoms with Crippen LogP contribution in [0.1, 0.15) is 19.4 Å². The minimum absolute atomic E-state index is 0.0143. The van der Waals surface area contributed by atoms with Gasteiger partial charge in [-0.1, -0.05) is 65.1 Å². The molecule has 1 N–H and O–H groups in total. The molecule has 6 heteroatoms. The summed E-state index contributed by atoms with van der Waals surface area (Å²) in [6.07, 6.45) is 1.72. The maximum absolute atomic E-state index is 12.4. The van der Waals surface area contributed by atoms with Gasteiger partial charge in [0.25, 0.3) is 0 Å². The molecule has 1 fully saturated rings. The summed E-state index contributed by atoms with van der Waals surface area (Å²) in [6, 6.07) is 15.7. The lowest BCUT2D eigenvalue weighted by Crippen LogP contribution is -2.10. The van der Waals surface area contributed by atoms with Crippen molar-refractivity contribution in [3.05, 3.63) is 69.1 Å². The zero-order valence-electron chi connectivity index (χ0n) is 15.0. The summed E-state index contributed by atoms with van der Waals surface area (Å²) in [4.78, 5) is 12.4. The van der Waals surface area contributed by atoms with Gasteiger partial charge >= 0.3 is 5.97 Å². The number of halogens is 3. The molecule has 142 valence electrons. The number of rotatable bonds is 6. The second kappa shape index (κ2) is 8.26. The number of ether oxygens (including phenoxy) is 1. The van der Waals surface area contributed by atoms with Gasteiger partial charge in [-0.25, -0.2) is 0 Å². The Labute approximate surface area is 177 Å². The van der Waals surface area contributed by atoms with E-state index in [0.29, 0.717) is 0 Å². The highest BCUT2D eigenvalue weighted by molar-refractivity contribution is 9.10. The molecule has 0 amide bonds. The monoisotopic (exact) mass is 467 g/mol. The summed E-state index contributed by atoms with van der Waals surface area (Å²) in [5.41, 5.74) is 2.66.